The summed E-state index contributed by atoms with van der Waals surface area (Å²) in [6.07, 6.45) is 2.17. The average Bonchev–Trinajstić information content (AvgIpc) is 2.43. The molecule has 0 heterocycles. The van der Waals surface area contributed by atoms with E-state index < -0.39 is 0 Å². The molecule has 1 aromatic rings. The van der Waals surface area contributed by atoms with Crippen LogP contribution < -0.4 is 4.90 Å². The predicted octanol–water partition coefficient (Wildman–Crippen LogP) is 4.29. The number of anilines is 1. The summed E-state index contributed by atoms with van der Waals surface area (Å²) in [5, 5.41) is 0. The van der Waals surface area contributed by atoms with Gasteiger partial charge in [0.2, 0.25) is 0 Å². The summed E-state index contributed by atoms with van der Waals surface area (Å²) in [7, 11) is 1.72. The van der Waals surface area contributed by atoms with E-state index in [9.17, 15) is 4.79 Å². The molecule has 0 spiro atoms. The van der Waals surface area contributed by atoms with Gasteiger partial charge in [-0.25, -0.2) is 0 Å². The van der Waals surface area contributed by atoms with Crippen LogP contribution >= 0.6 is 15.9 Å². The van der Waals surface area contributed by atoms with Gasteiger partial charge in [-0.3, -0.25) is 4.79 Å². The second kappa shape index (κ2) is 8.42. The van der Waals surface area contributed by atoms with Crippen LogP contribution in [0.2, 0.25) is 0 Å². The molecule has 0 unspecified atom stereocenters. The second-order valence-corrected chi connectivity index (χ2v) is 5.73. The molecule has 0 saturated carbocycles. The van der Waals surface area contributed by atoms with Crippen LogP contribution in [0.15, 0.2) is 22.7 Å². The molecule has 112 valence electrons. The summed E-state index contributed by atoms with van der Waals surface area (Å²) < 4.78 is 6.19. The maximum Gasteiger partial charge on any atom is 0.159 e. The monoisotopic (exact) mass is 341 g/mol. The van der Waals surface area contributed by atoms with E-state index in [4.69, 9.17) is 4.74 Å². The molecular formula is C16H24BrNO2. The van der Waals surface area contributed by atoms with E-state index in [0.717, 1.165) is 35.1 Å². The van der Waals surface area contributed by atoms with Gasteiger partial charge < -0.3 is 9.64 Å². The lowest BCUT2D eigenvalue weighted by atomic mass is 10.1. The molecule has 0 aliphatic heterocycles. The molecule has 0 aliphatic carbocycles. The topological polar surface area (TPSA) is 29.5 Å². The van der Waals surface area contributed by atoms with Crippen molar-refractivity contribution in [3.05, 3.63) is 28.2 Å². The van der Waals surface area contributed by atoms with E-state index in [1.54, 1.807) is 14.0 Å². The van der Waals surface area contributed by atoms with Crippen LogP contribution in [0.5, 0.6) is 0 Å². The lowest BCUT2D eigenvalue weighted by molar-refractivity contribution is 0.101. The molecule has 0 amide bonds. The summed E-state index contributed by atoms with van der Waals surface area (Å²) in [4.78, 5) is 13.8. The van der Waals surface area contributed by atoms with E-state index in [-0.39, 0.29) is 5.78 Å². The van der Waals surface area contributed by atoms with Crippen molar-refractivity contribution in [1.82, 2.24) is 0 Å². The Balaban J connectivity index is 3.09. The van der Waals surface area contributed by atoms with Gasteiger partial charge in [0.05, 0.1) is 12.3 Å². The molecule has 0 aliphatic rings. The highest BCUT2D eigenvalue weighted by atomic mass is 79.9. The third-order valence-electron chi connectivity index (χ3n) is 3.58. The molecule has 0 saturated heterocycles. The van der Waals surface area contributed by atoms with Gasteiger partial charge in [0.15, 0.2) is 5.78 Å². The minimum absolute atomic E-state index is 0.0863. The van der Waals surface area contributed by atoms with Crippen LogP contribution in [0.1, 0.15) is 44.0 Å². The normalized spacial score (nSPS) is 10.9. The van der Waals surface area contributed by atoms with Crippen LogP contribution in [0.4, 0.5) is 5.69 Å². The fourth-order valence-corrected chi connectivity index (χ4v) is 2.98. The minimum Gasteiger partial charge on any atom is -0.383 e. The molecule has 20 heavy (non-hydrogen) atoms. The number of hydrogen-bond donors (Lipinski definition) is 0. The highest BCUT2D eigenvalue weighted by Gasteiger charge is 2.18. The molecule has 0 aromatic heterocycles. The lowest BCUT2D eigenvalue weighted by Crippen LogP contribution is -2.37. The molecular weight excluding hydrogens is 318 g/mol. The highest BCUT2D eigenvalue weighted by Crippen LogP contribution is 2.30. The number of Topliss-reactive ketones (excluding diaryl/α,β-unsaturated/α-hetero) is 1. The van der Waals surface area contributed by atoms with Crippen LogP contribution in [-0.4, -0.2) is 32.1 Å². The van der Waals surface area contributed by atoms with Gasteiger partial charge in [-0.15, -0.1) is 0 Å². The van der Waals surface area contributed by atoms with E-state index in [1.165, 1.54) is 0 Å². The number of ether oxygens (including phenoxy) is 1. The molecule has 0 N–H and O–H groups in total. The molecule has 3 nitrogen and oxygen atoms in total. The van der Waals surface area contributed by atoms with Gasteiger partial charge in [-0.2, -0.15) is 0 Å². The number of rotatable bonds is 8. The predicted molar refractivity (Wildman–Crippen MR) is 87.7 cm³/mol. The number of nitrogens with zero attached hydrogens (tertiary/aromatic N) is 1. The quantitative estimate of drug-likeness (QED) is 0.660. The first-order valence-corrected chi connectivity index (χ1v) is 7.90. The van der Waals surface area contributed by atoms with E-state index >= 15 is 0 Å². The fourth-order valence-electron chi connectivity index (χ4n) is 2.38. The Morgan fingerprint density at radius 2 is 2.00 bits per heavy atom. The smallest absolute Gasteiger partial charge is 0.159 e. The number of carbonyl (C=O) groups is 1. The number of ketones is 1. The Morgan fingerprint density at radius 3 is 2.45 bits per heavy atom. The van der Waals surface area contributed by atoms with E-state index in [2.05, 4.69) is 34.7 Å². The van der Waals surface area contributed by atoms with Crippen molar-refractivity contribution in [1.29, 1.82) is 0 Å². The third kappa shape index (κ3) is 4.32. The molecule has 1 rings (SSSR count). The zero-order valence-electron chi connectivity index (χ0n) is 12.8. The fraction of sp³-hybridized carbons (Fsp3) is 0.562. The molecule has 0 atom stereocenters. The lowest BCUT2D eigenvalue weighted by Gasteiger charge is -2.33. The van der Waals surface area contributed by atoms with E-state index in [1.807, 2.05) is 18.2 Å². The molecule has 1 aromatic carbocycles. The van der Waals surface area contributed by atoms with Crippen molar-refractivity contribution in [3.63, 3.8) is 0 Å². The van der Waals surface area contributed by atoms with Gasteiger partial charge in [0, 0.05) is 29.7 Å². The number of carbonyl (C=O) groups excluding carboxylic acids is 1. The van der Waals surface area contributed by atoms with E-state index in [0.29, 0.717) is 12.6 Å². The van der Waals surface area contributed by atoms with Gasteiger partial charge >= 0.3 is 0 Å². The zero-order valence-corrected chi connectivity index (χ0v) is 14.4. The number of methoxy groups -OCH3 is 1. The summed E-state index contributed by atoms with van der Waals surface area (Å²) in [5.41, 5.74) is 1.86. The van der Waals surface area contributed by atoms with Crippen molar-refractivity contribution in [2.75, 3.05) is 25.2 Å². The van der Waals surface area contributed by atoms with Gasteiger partial charge in [-0.1, -0.05) is 13.8 Å². The second-order valence-electron chi connectivity index (χ2n) is 4.88. The summed E-state index contributed by atoms with van der Waals surface area (Å²) >= 11 is 3.60. The maximum atomic E-state index is 11.4. The SMILES string of the molecule is CCC(CC)N(CCOC)c1ccc(C(C)=O)cc1Br. The van der Waals surface area contributed by atoms with Crippen LogP contribution in [0, 0.1) is 0 Å². The average molecular weight is 342 g/mol. The Bertz CT molecular complexity index is 444. The first kappa shape index (κ1) is 17.2. The Kier molecular flexibility index (Phi) is 7.24. The Morgan fingerprint density at radius 1 is 1.35 bits per heavy atom. The van der Waals surface area contributed by atoms with Crippen molar-refractivity contribution < 1.29 is 9.53 Å². The Hall–Kier alpha value is -0.870. The first-order valence-electron chi connectivity index (χ1n) is 7.11. The van der Waals surface area contributed by atoms with Gasteiger partial charge in [0.1, 0.15) is 0 Å². The van der Waals surface area contributed by atoms with Crippen LogP contribution in [0.3, 0.4) is 0 Å². The number of halogens is 1. The largest absolute Gasteiger partial charge is 0.383 e. The zero-order chi connectivity index (χ0) is 15.1. The third-order valence-corrected chi connectivity index (χ3v) is 4.22. The molecule has 4 heteroatoms. The minimum atomic E-state index is 0.0863. The summed E-state index contributed by atoms with van der Waals surface area (Å²) in [6, 6.07) is 6.30. The maximum absolute atomic E-state index is 11.4. The highest BCUT2D eigenvalue weighted by molar-refractivity contribution is 9.10. The van der Waals surface area contributed by atoms with Gasteiger partial charge in [0.25, 0.3) is 0 Å². The number of hydrogen-bond acceptors (Lipinski definition) is 3. The van der Waals surface area contributed by atoms with Crippen molar-refractivity contribution in [2.24, 2.45) is 0 Å². The van der Waals surface area contributed by atoms with Crippen molar-refractivity contribution in [2.45, 2.75) is 39.7 Å². The van der Waals surface area contributed by atoms with Crippen LogP contribution in [0.25, 0.3) is 0 Å². The molecule has 0 radical (unpaired) electrons. The van der Waals surface area contributed by atoms with Crippen molar-refractivity contribution >= 4 is 27.4 Å². The molecule has 0 fully saturated rings. The Labute approximate surface area is 130 Å². The molecule has 0 bridgehead atoms. The summed E-state index contributed by atoms with van der Waals surface area (Å²) in [6.45, 7) is 7.53. The standard InChI is InChI=1S/C16H24BrNO2/c1-5-14(6-2)18(9-10-20-4)16-8-7-13(12(3)19)11-15(16)17/h7-8,11,14H,5-6,9-10H2,1-4H3. The van der Waals surface area contributed by atoms with Crippen molar-refractivity contribution in [3.8, 4) is 0 Å². The number of benzene rings is 1. The van der Waals surface area contributed by atoms with Crippen LogP contribution in [-0.2, 0) is 4.74 Å². The van der Waals surface area contributed by atoms with Gasteiger partial charge in [-0.05, 0) is 53.9 Å². The summed E-state index contributed by atoms with van der Waals surface area (Å²) in [5.74, 6) is 0.0863. The first-order chi connectivity index (χ1) is 9.54.